The quantitative estimate of drug-likeness (QED) is 0.620. The fourth-order valence-electron chi connectivity index (χ4n) is 2.23. The maximum absolute atomic E-state index is 10.5. The Morgan fingerprint density at radius 1 is 1.45 bits per heavy atom. The van der Waals surface area contributed by atoms with Gasteiger partial charge in [-0.3, -0.25) is 4.79 Å². The molecule has 3 nitrogen and oxygen atoms in total. The van der Waals surface area contributed by atoms with Gasteiger partial charge in [0, 0.05) is 0 Å². The van der Waals surface area contributed by atoms with Crippen molar-refractivity contribution in [1.29, 1.82) is 0 Å². The lowest BCUT2D eigenvalue weighted by molar-refractivity contribution is -0.137. The number of nitrogens with zero attached hydrogens (tertiary/aromatic N) is 1. The Kier molecular flexibility index (Phi) is 1.60. The third kappa shape index (κ3) is 1.13. The minimum absolute atomic E-state index is 0.384. The molecule has 0 spiro atoms. The Labute approximate surface area is 65.8 Å². The molecule has 2 aliphatic rings. The monoisotopic (exact) mass is 154 g/mol. The first kappa shape index (κ1) is 7.10. The Balaban J connectivity index is 1.99. The lowest BCUT2D eigenvalue weighted by atomic mass is 10.0. The second kappa shape index (κ2) is 2.48. The summed E-state index contributed by atoms with van der Waals surface area (Å²) >= 11 is 0. The summed E-state index contributed by atoms with van der Waals surface area (Å²) in [7, 11) is 0. The standard InChI is InChI=1S/C8H12NO2/c10-8(11)7-4-5-2-1-3-6(5)9-7/h5-7H,1-4H2,(H,10,11)/q-1/t5?,6-,7-/m0/s1. The van der Waals surface area contributed by atoms with Crippen LogP contribution in [0.5, 0.6) is 0 Å². The van der Waals surface area contributed by atoms with Crippen LogP contribution < -0.4 is 0 Å². The minimum Gasteiger partial charge on any atom is -0.647 e. The number of hydrogen-bond donors (Lipinski definition) is 1. The molecule has 1 unspecified atom stereocenters. The molecule has 62 valence electrons. The van der Waals surface area contributed by atoms with Crippen molar-refractivity contribution >= 4 is 5.97 Å². The van der Waals surface area contributed by atoms with E-state index in [1.54, 1.807) is 0 Å². The summed E-state index contributed by atoms with van der Waals surface area (Å²) in [4.78, 5) is 10.5. The number of carboxylic acid groups (broad SMARTS) is 1. The second-order valence-corrected chi connectivity index (χ2v) is 3.50. The lowest BCUT2D eigenvalue weighted by Crippen LogP contribution is -2.15. The van der Waals surface area contributed by atoms with Gasteiger partial charge >= 0.3 is 0 Å². The maximum atomic E-state index is 10.5. The Bertz CT molecular complexity index is 169. The van der Waals surface area contributed by atoms with E-state index in [0.717, 1.165) is 12.8 Å². The van der Waals surface area contributed by atoms with Gasteiger partial charge in [0.1, 0.15) is 0 Å². The summed E-state index contributed by atoms with van der Waals surface area (Å²) < 4.78 is 0. The normalized spacial score (nSPS) is 42.4. The molecular weight excluding hydrogens is 142 g/mol. The number of aliphatic carboxylic acids is 1. The summed E-state index contributed by atoms with van der Waals surface area (Å²) in [5, 5.41) is 12.9. The zero-order chi connectivity index (χ0) is 7.84. The van der Waals surface area contributed by atoms with Crippen LogP contribution in [0.25, 0.3) is 5.32 Å². The number of rotatable bonds is 1. The molecule has 2 fully saturated rings. The zero-order valence-electron chi connectivity index (χ0n) is 6.36. The van der Waals surface area contributed by atoms with Crippen LogP contribution in [0.1, 0.15) is 25.7 Å². The first-order valence-electron chi connectivity index (χ1n) is 4.20. The third-order valence-electron chi connectivity index (χ3n) is 2.80. The van der Waals surface area contributed by atoms with Crippen molar-refractivity contribution < 1.29 is 9.90 Å². The minimum atomic E-state index is -0.737. The molecule has 1 saturated heterocycles. The van der Waals surface area contributed by atoms with Crippen LogP contribution in [0.3, 0.4) is 0 Å². The van der Waals surface area contributed by atoms with Crippen molar-refractivity contribution in [2.75, 3.05) is 0 Å². The number of carboxylic acids is 1. The molecule has 0 bridgehead atoms. The SMILES string of the molecule is O=C(O)[C@@H]1CC2CCC[C@@H]2[N-]1. The number of fused-ring (bicyclic) bond motifs is 1. The van der Waals surface area contributed by atoms with E-state index in [1.807, 2.05) is 0 Å². The number of carbonyl (C=O) groups is 1. The van der Waals surface area contributed by atoms with Crippen molar-refractivity contribution in [3.8, 4) is 0 Å². The summed E-state index contributed by atoms with van der Waals surface area (Å²) in [5.74, 6) is -0.143. The van der Waals surface area contributed by atoms with Gasteiger partial charge in [-0.25, -0.2) is 0 Å². The van der Waals surface area contributed by atoms with Crippen molar-refractivity contribution in [3.05, 3.63) is 5.32 Å². The van der Waals surface area contributed by atoms with E-state index < -0.39 is 5.97 Å². The largest absolute Gasteiger partial charge is 0.647 e. The molecule has 0 aromatic heterocycles. The summed E-state index contributed by atoms with van der Waals surface area (Å²) in [5.41, 5.74) is 0. The summed E-state index contributed by atoms with van der Waals surface area (Å²) in [6.45, 7) is 0. The highest BCUT2D eigenvalue weighted by atomic mass is 16.4. The highest BCUT2D eigenvalue weighted by molar-refractivity contribution is 5.77. The smallest absolute Gasteiger partial charge is 0.285 e. The van der Waals surface area contributed by atoms with E-state index in [2.05, 4.69) is 5.32 Å². The molecule has 0 radical (unpaired) electrons. The molecule has 1 heterocycles. The molecule has 1 saturated carbocycles. The van der Waals surface area contributed by atoms with E-state index >= 15 is 0 Å². The highest BCUT2D eigenvalue weighted by Crippen LogP contribution is 2.42. The van der Waals surface area contributed by atoms with Crippen molar-refractivity contribution in [1.82, 2.24) is 0 Å². The van der Waals surface area contributed by atoms with Crippen LogP contribution >= 0.6 is 0 Å². The fraction of sp³-hybridized carbons (Fsp3) is 0.875. The van der Waals surface area contributed by atoms with E-state index in [4.69, 9.17) is 5.11 Å². The predicted molar refractivity (Wildman–Crippen MR) is 40.5 cm³/mol. The van der Waals surface area contributed by atoms with Crippen LogP contribution in [-0.2, 0) is 4.79 Å². The maximum Gasteiger partial charge on any atom is 0.285 e. The Morgan fingerprint density at radius 3 is 2.91 bits per heavy atom. The van der Waals surface area contributed by atoms with Crippen LogP contribution in [-0.4, -0.2) is 23.2 Å². The van der Waals surface area contributed by atoms with Gasteiger partial charge in [0.2, 0.25) is 0 Å². The van der Waals surface area contributed by atoms with E-state index in [1.165, 1.54) is 12.8 Å². The van der Waals surface area contributed by atoms with E-state index in [9.17, 15) is 4.79 Å². The first-order valence-corrected chi connectivity index (χ1v) is 4.20. The fourth-order valence-corrected chi connectivity index (χ4v) is 2.23. The van der Waals surface area contributed by atoms with Gasteiger partial charge in [0.15, 0.2) is 0 Å². The van der Waals surface area contributed by atoms with Gasteiger partial charge in [-0.15, -0.1) is 6.04 Å². The Morgan fingerprint density at radius 2 is 2.27 bits per heavy atom. The summed E-state index contributed by atoms with van der Waals surface area (Å²) in [6, 6.07) is 0.00130. The van der Waals surface area contributed by atoms with Gasteiger partial charge in [-0.2, -0.15) is 0 Å². The molecule has 0 aromatic rings. The summed E-state index contributed by atoms with van der Waals surface area (Å²) in [6.07, 6.45) is 4.34. The molecule has 1 aliphatic carbocycles. The highest BCUT2D eigenvalue weighted by Gasteiger charge is 2.30. The van der Waals surface area contributed by atoms with Gasteiger partial charge in [0.25, 0.3) is 5.97 Å². The van der Waals surface area contributed by atoms with Gasteiger partial charge < -0.3 is 10.4 Å². The van der Waals surface area contributed by atoms with Crippen LogP contribution in [0.15, 0.2) is 0 Å². The molecule has 3 heteroatoms. The van der Waals surface area contributed by atoms with Crippen LogP contribution in [0, 0.1) is 5.92 Å². The molecule has 2 rings (SSSR count). The average Bonchev–Trinajstić information content (AvgIpc) is 2.40. The zero-order valence-corrected chi connectivity index (χ0v) is 6.36. The van der Waals surface area contributed by atoms with E-state index in [0.29, 0.717) is 12.0 Å². The van der Waals surface area contributed by atoms with Crippen LogP contribution in [0.2, 0.25) is 0 Å². The van der Waals surface area contributed by atoms with Crippen LogP contribution in [0.4, 0.5) is 0 Å². The average molecular weight is 154 g/mol. The van der Waals surface area contributed by atoms with Crippen molar-refractivity contribution in [3.63, 3.8) is 0 Å². The topological polar surface area (TPSA) is 51.4 Å². The molecule has 3 atom stereocenters. The Hall–Kier alpha value is -0.570. The van der Waals surface area contributed by atoms with Crippen molar-refractivity contribution in [2.24, 2.45) is 5.92 Å². The van der Waals surface area contributed by atoms with Gasteiger partial charge in [-0.1, -0.05) is 31.6 Å². The molecule has 1 N–H and O–H groups in total. The molecule has 0 amide bonds. The first-order chi connectivity index (χ1) is 5.27. The molecule has 11 heavy (non-hydrogen) atoms. The number of hydrogen-bond acceptors (Lipinski definition) is 1. The molecule has 0 aromatic carbocycles. The second-order valence-electron chi connectivity index (χ2n) is 3.50. The molecular formula is C8H12NO2-. The van der Waals surface area contributed by atoms with Gasteiger partial charge in [0.05, 0.1) is 0 Å². The van der Waals surface area contributed by atoms with Crippen molar-refractivity contribution in [2.45, 2.75) is 37.8 Å². The molecule has 1 aliphatic heterocycles. The predicted octanol–water partition coefficient (Wildman–Crippen LogP) is 1.39. The van der Waals surface area contributed by atoms with E-state index in [-0.39, 0.29) is 6.04 Å². The van der Waals surface area contributed by atoms with Gasteiger partial charge in [-0.05, 0) is 6.04 Å². The third-order valence-corrected chi connectivity index (χ3v) is 2.80. The lowest BCUT2D eigenvalue weighted by Gasteiger charge is -2.24.